The minimum absolute atomic E-state index is 0.0655. The van der Waals surface area contributed by atoms with Gasteiger partial charge in [-0.05, 0) is 82.6 Å². The molecule has 1 amide bonds. The number of esters is 1. The summed E-state index contributed by atoms with van der Waals surface area (Å²) in [6.07, 6.45) is 18.6. The number of aliphatic hydroxyl groups is 2. The second-order valence-electron chi connectivity index (χ2n) is 21.9. The van der Waals surface area contributed by atoms with Gasteiger partial charge < -0.3 is 49.8 Å². The summed E-state index contributed by atoms with van der Waals surface area (Å²) in [6, 6.07) is 0. The van der Waals surface area contributed by atoms with E-state index in [0.717, 1.165) is 44.9 Å². The van der Waals surface area contributed by atoms with Crippen LogP contribution in [0.25, 0.3) is 10.8 Å². The quantitative estimate of drug-likeness (QED) is 0.0292. The number of allylic oxidation sites excluding steroid dienone is 2. The van der Waals surface area contributed by atoms with Gasteiger partial charge in [0.15, 0.2) is 5.75 Å². The molecule has 4 fully saturated rings. The van der Waals surface area contributed by atoms with Crippen molar-refractivity contribution in [1.82, 2.24) is 5.01 Å². The minimum atomic E-state index is -2.05. The van der Waals surface area contributed by atoms with Crippen LogP contribution >= 0.6 is 0 Å². The molecule has 2 aromatic carbocycles. The normalized spacial score (nSPS) is 34.8. The number of hydrogen-bond acceptors (Lipinski definition) is 14. The number of ether oxygens (including phenoxy) is 4. The Bertz CT molecular complexity index is 2410. The van der Waals surface area contributed by atoms with Crippen molar-refractivity contribution in [1.29, 1.82) is 0 Å². The Labute approximate surface area is 419 Å². The second-order valence-corrected chi connectivity index (χ2v) is 21.9. The number of carbonyl (C=O) groups is 3. The maximum absolute atomic E-state index is 14.8. The van der Waals surface area contributed by atoms with Crippen molar-refractivity contribution >= 4 is 40.3 Å². The molecule has 3 aliphatic heterocycles. The standard InChI is InChI=1S/C56H79N3O12/c1-11-12-13-14-15-16-21-59(56-26-37-23-38(27-56)25-39(24-37)28-56)57-29-40-45-50(65)43-42(49(40)64)44-52(35(7)48(43)63)71-55(9,53(44)66)69-22-20-41(68-10)32(4)51(70-36(8)60)34(6)47(62)33(5)46(61)30(2)18-17-19-31(3)54(67)58-45/h17-20,22,29-30,32-34,37-39,41,46-47,51,61-65H,11-16,21,23-28H2,1-10H3,(H,58,67)/b18-17+,22-20+,31-19-,57-29-/t30-,32+,33+,34+,37?,38?,39?,41-,46-,47+,51+,55-,56?/m0/s1. The molecule has 0 radical (unpaired) electrons. The lowest BCUT2D eigenvalue weighted by molar-refractivity contribution is -0.160. The molecular weight excluding hydrogens is 907 g/mol. The van der Waals surface area contributed by atoms with Crippen molar-refractivity contribution in [2.45, 2.75) is 175 Å². The summed E-state index contributed by atoms with van der Waals surface area (Å²) in [5.41, 5.74) is -0.324. The summed E-state index contributed by atoms with van der Waals surface area (Å²) in [4.78, 5) is 41.5. The van der Waals surface area contributed by atoms with E-state index in [9.17, 15) is 39.9 Å². The molecule has 7 aliphatic rings. The van der Waals surface area contributed by atoms with Crippen LogP contribution in [0.1, 0.15) is 154 Å². The number of rotatable bonds is 12. The van der Waals surface area contributed by atoms with E-state index in [-0.39, 0.29) is 50.0 Å². The number of aromatic hydroxyl groups is 3. The first-order chi connectivity index (χ1) is 33.7. The maximum atomic E-state index is 14.8. The van der Waals surface area contributed by atoms with Gasteiger partial charge >= 0.3 is 11.8 Å². The third kappa shape index (κ3) is 10.7. The summed E-state index contributed by atoms with van der Waals surface area (Å²) in [7, 11) is 1.46. The van der Waals surface area contributed by atoms with Crippen molar-refractivity contribution < 1.29 is 58.9 Å². The number of amides is 1. The SMILES string of the molecule is CCCCCCCCN(/N=C\c1c2c(O)c3c(O)c(C)c4c(c3c1O)C(=O)[C@@](C)(O/C=C/[C@H](OC)[C@@H](C)[C@@H](OC(C)=O)[C@H](C)[C@H](O)[C@H](C)[C@@H](O)[C@@H](C)/C=C/C=C(/C)C(=O)N2)O4)C12CC3CC(CC(C3)C1)C2. The number of nitrogens with zero attached hydrogens (tertiary/aromatic N) is 2. The van der Waals surface area contributed by atoms with Gasteiger partial charge in [-0.1, -0.05) is 85.0 Å². The molecule has 0 aromatic heterocycles. The molecule has 9 rings (SSSR count). The van der Waals surface area contributed by atoms with Gasteiger partial charge in [0.25, 0.3) is 11.7 Å². The average Bonchev–Trinajstić information content (AvgIpc) is 3.59. The molecule has 9 bridgehead atoms. The molecule has 390 valence electrons. The lowest BCUT2D eigenvalue weighted by Crippen LogP contribution is -2.58. The van der Waals surface area contributed by atoms with Gasteiger partial charge in [0.05, 0.1) is 58.5 Å². The van der Waals surface area contributed by atoms with Gasteiger partial charge in [0.1, 0.15) is 23.4 Å². The molecular formula is C56H79N3O12. The first-order valence-corrected chi connectivity index (χ1v) is 26.1. The molecule has 4 aliphatic carbocycles. The third-order valence-corrected chi connectivity index (χ3v) is 16.6. The number of Topliss-reactive ketones (excluding diaryl/α,β-unsaturated/α-hetero) is 1. The molecule has 15 heteroatoms. The van der Waals surface area contributed by atoms with Crippen LogP contribution < -0.4 is 10.1 Å². The van der Waals surface area contributed by atoms with E-state index < -0.39 is 88.8 Å². The number of hydrogen-bond donors (Lipinski definition) is 6. The van der Waals surface area contributed by atoms with Gasteiger partial charge in [-0.15, -0.1) is 0 Å². The van der Waals surface area contributed by atoms with Gasteiger partial charge in [0, 0.05) is 67.7 Å². The van der Waals surface area contributed by atoms with Crippen molar-refractivity contribution in [3.05, 3.63) is 52.8 Å². The molecule has 2 aromatic rings. The maximum Gasteiger partial charge on any atom is 0.312 e. The highest BCUT2D eigenvalue weighted by Crippen LogP contribution is 2.59. The topological polar surface area (TPSA) is 217 Å². The van der Waals surface area contributed by atoms with Crippen LogP contribution in [0.15, 0.2) is 41.2 Å². The number of ketones is 1. The largest absolute Gasteiger partial charge is 0.507 e. The zero-order chi connectivity index (χ0) is 51.7. The number of unbranched alkanes of at least 4 members (excludes halogenated alkanes) is 5. The third-order valence-electron chi connectivity index (χ3n) is 16.6. The monoisotopic (exact) mass is 986 g/mol. The van der Waals surface area contributed by atoms with Gasteiger partial charge in [-0.2, -0.15) is 5.10 Å². The number of anilines is 1. The number of fused-ring (bicyclic) bond motifs is 14. The van der Waals surface area contributed by atoms with Crippen molar-refractivity contribution in [3.63, 3.8) is 0 Å². The first kappa shape index (κ1) is 53.7. The van der Waals surface area contributed by atoms with Crippen molar-refractivity contribution in [2.24, 2.45) is 46.5 Å². The summed E-state index contributed by atoms with van der Waals surface area (Å²) < 4.78 is 24.0. The zero-order valence-electron chi connectivity index (χ0n) is 43.5. The predicted octanol–water partition coefficient (Wildman–Crippen LogP) is 9.72. The van der Waals surface area contributed by atoms with Gasteiger partial charge in [-0.3, -0.25) is 19.4 Å². The zero-order valence-corrected chi connectivity index (χ0v) is 43.5. The first-order valence-electron chi connectivity index (χ1n) is 26.1. The molecule has 71 heavy (non-hydrogen) atoms. The molecule has 0 saturated heterocycles. The Morgan fingerprint density at radius 3 is 2.13 bits per heavy atom. The average molecular weight is 986 g/mol. The van der Waals surface area contributed by atoms with E-state index in [1.165, 1.54) is 78.5 Å². The Kier molecular flexibility index (Phi) is 16.6. The van der Waals surface area contributed by atoms with Gasteiger partial charge in [0.2, 0.25) is 0 Å². The molecule has 3 heterocycles. The minimum Gasteiger partial charge on any atom is -0.507 e. The molecule has 0 unspecified atom stereocenters. The molecule has 15 nitrogen and oxygen atoms in total. The Hall–Kier alpha value is -5.12. The highest BCUT2D eigenvalue weighted by atomic mass is 16.7. The van der Waals surface area contributed by atoms with Crippen LogP contribution in [0.2, 0.25) is 0 Å². The lowest BCUT2D eigenvalue weighted by Gasteiger charge is -2.59. The summed E-state index contributed by atoms with van der Waals surface area (Å²) in [6.45, 7) is 15.6. The summed E-state index contributed by atoms with van der Waals surface area (Å²) in [5.74, 6) is -6.28. The van der Waals surface area contributed by atoms with Crippen LogP contribution in [-0.2, 0) is 23.8 Å². The Morgan fingerprint density at radius 1 is 0.873 bits per heavy atom. The van der Waals surface area contributed by atoms with Crippen LogP contribution in [0, 0.1) is 48.3 Å². The lowest BCUT2D eigenvalue weighted by atomic mass is 9.52. The van der Waals surface area contributed by atoms with Crippen LogP contribution in [0.3, 0.4) is 0 Å². The van der Waals surface area contributed by atoms with E-state index in [2.05, 4.69) is 17.2 Å². The van der Waals surface area contributed by atoms with Crippen LogP contribution in [0.5, 0.6) is 23.0 Å². The fourth-order valence-corrected chi connectivity index (χ4v) is 12.8. The number of phenols is 3. The highest BCUT2D eigenvalue weighted by Gasteiger charge is 2.54. The van der Waals surface area contributed by atoms with E-state index in [1.807, 2.05) is 0 Å². The van der Waals surface area contributed by atoms with Crippen molar-refractivity contribution in [2.75, 3.05) is 19.0 Å². The number of carbonyl (C=O) groups excluding carboxylic acids is 3. The molecule has 6 N–H and O–H groups in total. The Balaban J connectivity index is 1.37. The number of aliphatic hydroxyl groups excluding tert-OH is 2. The van der Waals surface area contributed by atoms with E-state index in [4.69, 9.17) is 24.0 Å². The Morgan fingerprint density at radius 2 is 1.51 bits per heavy atom. The summed E-state index contributed by atoms with van der Waals surface area (Å²) >= 11 is 0. The van der Waals surface area contributed by atoms with Gasteiger partial charge in [-0.25, -0.2) is 0 Å². The molecule has 0 spiro atoms. The number of benzene rings is 2. The smallest absolute Gasteiger partial charge is 0.312 e. The van der Waals surface area contributed by atoms with Crippen molar-refractivity contribution in [3.8, 4) is 23.0 Å². The number of phenolic OH excluding ortho intramolecular Hbond substituents is 3. The fourth-order valence-electron chi connectivity index (χ4n) is 12.8. The molecule has 4 saturated carbocycles. The fraction of sp³-hybridized carbons (Fsp3) is 0.643. The van der Waals surface area contributed by atoms with E-state index in [1.54, 1.807) is 52.8 Å². The predicted molar refractivity (Wildman–Crippen MR) is 272 cm³/mol. The van der Waals surface area contributed by atoms with Crippen LogP contribution in [-0.4, -0.2) is 104 Å². The second kappa shape index (κ2) is 21.9. The number of nitrogens with one attached hydrogen (secondary N) is 1. The molecule has 9 atom stereocenters. The number of hydrazone groups is 1. The van der Waals surface area contributed by atoms with E-state index >= 15 is 0 Å². The highest BCUT2D eigenvalue weighted by molar-refractivity contribution is 6.23. The van der Waals surface area contributed by atoms with Crippen LogP contribution in [0.4, 0.5) is 5.69 Å². The van der Waals surface area contributed by atoms with E-state index in [0.29, 0.717) is 24.3 Å². The number of methoxy groups -OCH3 is 1. The summed E-state index contributed by atoms with van der Waals surface area (Å²) in [5, 5.41) is 69.9.